The lowest BCUT2D eigenvalue weighted by atomic mass is 10.2. The van der Waals surface area contributed by atoms with Crippen LogP contribution in [-0.4, -0.2) is 32.6 Å². The molecule has 0 aromatic carbocycles. The van der Waals surface area contributed by atoms with Gasteiger partial charge in [0.1, 0.15) is 25.4 Å². The van der Waals surface area contributed by atoms with E-state index in [1.54, 1.807) is 0 Å². The Morgan fingerprint density at radius 1 is 0.875 bits per heavy atom. The Hall–Kier alpha value is -0.160. The van der Waals surface area contributed by atoms with Gasteiger partial charge in [-0.25, -0.2) is 0 Å². The first-order chi connectivity index (χ1) is 3.72. The summed E-state index contributed by atoms with van der Waals surface area (Å²) in [6.07, 6.45) is -2.81. The van der Waals surface area contributed by atoms with Gasteiger partial charge in [-0.3, -0.25) is 0 Å². The SMILES string of the molecule is O[CH]C(O)C(O)[CH]O. The van der Waals surface area contributed by atoms with Crippen LogP contribution in [0.1, 0.15) is 0 Å². The maximum Gasteiger partial charge on any atom is 0.111 e. The van der Waals surface area contributed by atoms with Crippen molar-refractivity contribution >= 4 is 0 Å². The Kier molecular flexibility index (Phi) is 3.72. The van der Waals surface area contributed by atoms with Crippen LogP contribution in [0.15, 0.2) is 0 Å². The van der Waals surface area contributed by atoms with E-state index in [9.17, 15) is 0 Å². The van der Waals surface area contributed by atoms with Crippen molar-refractivity contribution in [3.05, 3.63) is 13.2 Å². The summed E-state index contributed by atoms with van der Waals surface area (Å²) in [5, 5.41) is 32.7. The van der Waals surface area contributed by atoms with Crippen LogP contribution in [0.3, 0.4) is 0 Å². The average Bonchev–Trinajstić information content (AvgIpc) is 1.84. The van der Waals surface area contributed by atoms with E-state index < -0.39 is 12.2 Å². The highest BCUT2D eigenvalue weighted by atomic mass is 16.4. The summed E-state index contributed by atoms with van der Waals surface area (Å²) in [4.78, 5) is 0. The summed E-state index contributed by atoms with van der Waals surface area (Å²) in [6, 6.07) is 0. The van der Waals surface area contributed by atoms with Gasteiger partial charge in [0, 0.05) is 0 Å². The van der Waals surface area contributed by atoms with Crippen LogP contribution in [-0.2, 0) is 0 Å². The van der Waals surface area contributed by atoms with Gasteiger partial charge in [0.2, 0.25) is 0 Å². The van der Waals surface area contributed by atoms with Crippen LogP contribution >= 0.6 is 0 Å². The molecular weight excluding hydrogens is 112 g/mol. The smallest absolute Gasteiger partial charge is 0.111 e. The second kappa shape index (κ2) is 3.80. The number of aliphatic hydroxyl groups is 4. The zero-order valence-corrected chi connectivity index (χ0v) is 4.10. The molecule has 48 valence electrons. The zero-order chi connectivity index (χ0) is 6.57. The van der Waals surface area contributed by atoms with Gasteiger partial charge >= 0.3 is 0 Å². The highest BCUT2D eigenvalue weighted by molar-refractivity contribution is 4.77. The fraction of sp³-hybridized carbons (Fsp3) is 0.500. The highest BCUT2D eigenvalue weighted by Gasteiger charge is 2.13. The molecule has 0 rings (SSSR count). The summed E-state index contributed by atoms with van der Waals surface area (Å²) in [6.45, 7) is 0.773. The van der Waals surface area contributed by atoms with E-state index in [1.165, 1.54) is 0 Å². The van der Waals surface area contributed by atoms with Crippen molar-refractivity contribution in [2.45, 2.75) is 12.2 Å². The second-order valence-corrected chi connectivity index (χ2v) is 1.28. The molecule has 0 aliphatic carbocycles. The highest BCUT2D eigenvalue weighted by Crippen LogP contribution is 1.95. The molecule has 0 fully saturated rings. The Balaban J connectivity index is 3.29. The standard InChI is InChI=1S/C4H8O4/c5-1-3(7)4(8)2-6/h1-8H. The molecule has 0 heterocycles. The van der Waals surface area contributed by atoms with Gasteiger partial charge in [0.15, 0.2) is 0 Å². The van der Waals surface area contributed by atoms with E-state index in [0.717, 1.165) is 0 Å². The van der Waals surface area contributed by atoms with Crippen molar-refractivity contribution in [2.24, 2.45) is 0 Å². The van der Waals surface area contributed by atoms with E-state index >= 15 is 0 Å². The minimum Gasteiger partial charge on any atom is -0.387 e. The molecule has 8 heavy (non-hydrogen) atoms. The molecule has 0 saturated heterocycles. The Bertz CT molecular complexity index is 48.0. The van der Waals surface area contributed by atoms with Gasteiger partial charge < -0.3 is 20.4 Å². The first kappa shape index (κ1) is 7.84. The van der Waals surface area contributed by atoms with Crippen molar-refractivity contribution < 1.29 is 20.4 Å². The van der Waals surface area contributed by atoms with Crippen molar-refractivity contribution in [2.75, 3.05) is 0 Å². The van der Waals surface area contributed by atoms with Crippen molar-refractivity contribution in [1.82, 2.24) is 0 Å². The number of hydrogen-bond donors (Lipinski definition) is 4. The van der Waals surface area contributed by atoms with E-state index in [1.807, 2.05) is 0 Å². The molecular formula is C4H8O4. The third-order valence-corrected chi connectivity index (χ3v) is 0.655. The van der Waals surface area contributed by atoms with Gasteiger partial charge in [-0.2, -0.15) is 0 Å². The monoisotopic (exact) mass is 120 g/mol. The Morgan fingerprint density at radius 2 is 1.12 bits per heavy atom. The van der Waals surface area contributed by atoms with E-state index in [0.29, 0.717) is 13.2 Å². The van der Waals surface area contributed by atoms with Crippen LogP contribution in [0.4, 0.5) is 0 Å². The van der Waals surface area contributed by atoms with Gasteiger partial charge in [-0.1, -0.05) is 0 Å². The van der Waals surface area contributed by atoms with E-state index in [4.69, 9.17) is 20.4 Å². The first-order valence-electron chi connectivity index (χ1n) is 2.03. The topological polar surface area (TPSA) is 80.9 Å². The number of aliphatic hydroxyl groups excluding tert-OH is 4. The predicted octanol–water partition coefficient (Wildman–Crippen LogP) is -1.22. The lowest BCUT2D eigenvalue weighted by molar-refractivity contribution is 0.00846. The lowest BCUT2D eigenvalue weighted by Gasteiger charge is -2.09. The first-order valence-corrected chi connectivity index (χ1v) is 2.03. The second-order valence-electron chi connectivity index (χ2n) is 1.28. The molecule has 0 aromatic rings. The largest absolute Gasteiger partial charge is 0.387 e. The van der Waals surface area contributed by atoms with Crippen molar-refractivity contribution in [3.63, 3.8) is 0 Å². The minimum atomic E-state index is -1.40. The molecule has 0 aromatic heterocycles. The summed E-state index contributed by atoms with van der Waals surface area (Å²) in [5.41, 5.74) is 0. The maximum absolute atomic E-state index is 8.38. The van der Waals surface area contributed by atoms with Crippen LogP contribution in [0.5, 0.6) is 0 Å². The van der Waals surface area contributed by atoms with Gasteiger partial charge in [0.25, 0.3) is 0 Å². The fourth-order valence-corrected chi connectivity index (χ4v) is 0.176. The minimum absolute atomic E-state index is 0.386. The molecule has 0 aliphatic heterocycles. The molecule has 2 radical (unpaired) electrons. The molecule has 2 atom stereocenters. The Morgan fingerprint density at radius 3 is 1.25 bits per heavy atom. The predicted molar refractivity (Wildman–Crippen MR) is 24.5 cm³/mol. The summed E-state index contributed by atoms with van der Waals surface area (Å²) in [7, 11) is 0. The van der Waals surface area contributed by atoms with Crippen LogP contribution in [0.2, 0.25) is 0 Å². The zero-order valence-electron chi connectivity index (χ0n) is 4.10. The van der Waals surface area contributed by atoms with Crippen LogP contribution in [0, 0.1) is 13.2 Å². The Labute approximate surface area is 47.0 Å². The molecule has 2 unspecified atom stereocenters. The van der Waals surface area contributed by atoms with E-state index in [-0.39, 0.29) is 0 Å². The third-order valence-electron chi connectivity index (χ3n) is 0.655. The van der Waals surface area contributed by atoms with Gasteiger partial charge in [0.05, 0.1) is 0 Å². The van der Waals surface area contributed by atoms with Crippen molar-refractivity contribution in [1.29, 1.82) is 0 Å². The third kappa shape index (κ3) is 2.23. The van der Waals surface area contributed by atoms with Gasteiger partial charge in [-0.05, 0) is 0 Å². The molecule has 0 saturated carbocycles. The molecule has 4 N–H and O–H groups in total. The van der Waals surface area contributed by atoms with Crippen LogP contribution in [0.25, 0.3) is 0 Å². The molecule has 0 aliphatic rings. The average molecular weight is 120 g/mol. The molecule has 0 spiro atoms. The summed E-state index contributed by atoms with van der Waals surface area (Å²) < 4.78 is 0. The van der Waals surface area contributed by atoms with Crippen molar-refractivity contribution in [3.8, 4) is 0 Å². The molecule has 4 nitrogen and oxygen atoms in total. The van der Waals surface area contributed by atoms with Gasteiger partial charge in [-0.15, -0.1) is 0 Å². The fourth-order valence-electron chi connectivity index (χ4n) is 0.176. The molecule has 0 amide bonds. The molecule has 0 bridgehead atoms. The van der Waals surface area contributed by atoms with Crippen LogP contribution < -0.4 is 0 Å². The summed E-state index contributed by atoms with van der Waals surface area (Å²) >= 11 is 0. The maximum atomic E-state index is 8.38. The normalized spacial score (nSPS) is 18.0. The lowest BCUT2D eigenvalue weighted by Crippen LogP contribution is -2.26. The van der Waals surface area contributed by atoms with E-state index in [2.05, 4.69) is 0 Å². The number of hydrogen-bond acceptors (Lipinski definition) is 4. The quantitative estimate of drug-likeness (QED) is 0.376. The summed E-state index contributed by atoms with van der Waals surface area (Å²) in [5.74, 6) is 0. The number of rotatable bonds is 3. The molecule has 4 heteroatoms.